The third-order valence-electron chi connectivity index (χ3n) is 3.78. The minimum Gasteiger partial charge on any atom is -0.265 e. The summed E-state index contributed by atoms with van der Waals surface area (Å²) >= 11 is 11.3. The van der Waals surface area contributed by atoms with Crippen molar-refractivity contribution in [3.8, 4) is 5.69 Å². The van der Waals surface area contributed by atoms with Crippen LogP contribution in [0.1, 0.15) is 22.5 Å². The molecule has 0 fully saturated rings. The highest BCUT2D eigenvalue weighted by Crippen LogP contribution is 2.31. The van der Waals surface area contributed by atoms with Gasteiger partial charge >= 0.3 is 6.18 Å². The molecule has 7 nitrogen and oxygen atoms in total. The molecule has 3 aromatic rings. The number of aromatic nitrogens is 5. The Labute approximate surface area is 166 Å². The average molecular weight is 429 g/mol. The molecule has 0 spiro atoms. The van der Waals surface area contributed by atoms with E-state index in [1.54, 1.807) is 6.92 Å². The van der Waals surface area contributed by atoms with Crippen molar-refractivity contribution in [2.24, 2.45) is 5.10 Å². The second-order valence-corrected chi connectivity index (χ2v) is 6.47. The van der Waals surface area contributed by atoms with Gasteiger partial charge in [0.2, 0.25) is 4.77 Å². The molecule has 12 heteroatoms. The second-order valence-electron chi connectivity index (χ2n) is 5.73. The van der Waals surface area contributed by atoms with E-state index in [4.69, 9.17) is 23.8 Å². The lowest BCUT2D eigenvalue weighted by Gasteiger charge is -2.09. The third-order valence-corrected chi connectivity index (χ3v) is 4.41. The number of hydrogen-bond acceptors (Lipinski definition) is 5. The quantitative estimate of drug-likeness (QED) is 0.510. The van der Waals surface area contributed by atoms with Gasteiger partial charge in [0, 0.05) is 0 Å². The molecule has 0 saturated carbocycles. The van der Waals surface area contributed by atoms with Crippen molar-refractivity contribution in [1.82, 2.24) is 24.7 Å². The molecule has 0 aliphatic heterocycles. The van der Waals surface area contributed by atoms with Gasteiger partial charge in [-0.3, -0.25) is 9.89 Å². The molecule has 1 N–H and O–H groups in total. The smallest absolute Gasteiger partial charge is 0.265 e. The highest BCUT2D eigenvalue weighted by atomic mass is 35.5. The number of H-pyrrole nitrogens is 1. The maximum absolute atomic E-state index is 13.0. The zero-order chi connectivity index (χ0) is 20.6. The number of alkyl halides is 3. The van der Waals surface area contributed by atoms with Crippen molar-refractivity contribution in [2.45, 2.75) is 20.0 Å². The van der Waals surface area contributed by atoms with Gasteiger partial charge in [0.15, 0.2) is 0 Å². The number of benzene rings is 1. The van der Waals surface area contributed by atoms with Gasteiger partial charge in [0.1, 0.15) is 10.8 Å². The van der Waals surface area contributed by atoms with E-state index in [9.17, 15) is 18.0 Å². The van der Waals surface area contributed by atoms with Crippen molar-refractivity contribution >= 4 is 30.0 Å². The van der Waals surface area contributed by atoms with E-state index >= 15 is 0 Å². The van der Waals surface area contributed by atoms with Gasteiger partial charge < -0.3 is 0 Å². The van der Waals surface area contributed by atoms with Gasteiger partial charge in [-0.05, 0) is 44.3 Å². The van der Waals surface area contributed by atoms with Crippen molar-refractivity contribution in [1.29, 1.82) is 0 Å². The fourth-order valence-electron chi connectivity index (χ4n) is 2.34. The van der Waals surface area contributed by atoms with Crippen LogP contribution < -0.4 is 5.56 Å². The summed E-state index contributed by atoms with van der Waals surface area (Å²) < 4.78 is 40.9. The van der Waals surface area contributed by atoms with Crippen molar-refractivity contribution in [3.63, 3.8) is 0 Å². The van der Waals surface area contributed by atoms with Gasteiger partial charge in [-0.15, -0.1) is 0 Å². The molecule has 0 aliphatic rings. The minimum atomic E-state index is -4.49. The number of aromatic amines is 1. The van der Waals surface area contributed by atoms with Gasteiger partial charge in [-0.1, -0.05) is 17.7 Å². The number of aryl methyl sites for hydroxylation is 2. The molecular weight excluding hydrogens is 417 g/mol. The van der Waals surface area contributed by atoms with Gasteiger partial charge in [-0.2, -0.15) is 33.1 Å². The summed E-state index contributed by atoms with van der Waals surface area (Å²) in [7, 11) is 0. The summed E-state index contributed by atoms with van der Waals surface area (Å²) in [6.07, 6.45) is -3.23. The summed E-state index contributed by atoms with van der Waals surface area (Å²) in [5.74, 6) is 0. The van der Waals surface area contributed by atoms with E-state index in [1.165, 1.54) is 25.3 Å². The number of rotatable bonds is 3. The van der Waals surface area contributed by atoms with Crippen LogP contribution in [0.2, 0.25) is 5.15 Å². The Hall–Kier alpha value is -2.79. The second kappa shape index (κ2) is 7.32. The van der Waals surface area contributed by atoms with Crippen LogP contribution in [0.5, 0.6) is 0 Å². The van der Waals surface area contributed by atoms with Gasteiger partial charge in [0.05, 0.1) is 28.7 Å². The summed E-state index contributed by atoms with van der Waals surface area (Å²) in [5, 5.41) is 14.4. The maximum atomic E-state index is 13.0. The van der Waals surface area contributed by atoms with E-state index in [1.807, 2.05) is 0 Å². The first-order chi connectivity index (χ1) is 13.1. The minimum absolute atomic E-state index is 0.0223. The highest BCUT2D eigenvalue weighted by Gasteiger charge is 2.30. The predicted molar refractivity (Wildman–Crippen MR) is 99.7 cm³/mol. The molecule has 0 atom stereocenters. The first-order valence-electron chi connectivity index (χ1n) is 7.75. The molecule has 2 aromatic heterocycles. The van der Waals surface area contributed by atoms with Crippen molar-refractivity contribution in [3.05, 3.63) is 67.1 Å². The van der Waals surface area contributed by atoms with Crippen molar-refractivity contribution < 1.29 is 13.2 Å². The number of halogens is 4. The fourth-order valence-corrected chi connectivity index (χ4v) is 2.83. The molecule has 0 bridgehead atoms. The van der Waals surface area contributed by atoms with Gasteiger partial charge in [-0.25, -0.2) is 4.68 Å². The van der Waals surface area contributed by atoms with Crippen LogP contribution in [-0.4, -0.2) is 30.9 Å². The lowest BCUT2D eigenvalue weighted by molar-refractivity contribution is -0.137. The average Bonchev–Trinajstić information content (AvgIpc) is 2.92. The standard InChI is InChI=1S/C16H12ClF3N6OS/c1-8-12(7-21-26-14(27)9(2)22-23-15(26)28)13(17)25(24-8)11-5-3-4-10(6-11)16(18,19)20/h3-7H,1-2H3,(H,23,28)/b21-7+. The summed E-state index contributed by atoms with van der Waals surface area (Å²) in [5.41, 5.74) is -0.312. The van der Waals surface area contributed by atoms with Crippen LogP contribution >= 0.6 is 23.8 Å². The Morgan fingerprint density at radius 1 is 1.29 bits per heavy atom. The van der Waals surface area contributed by atoms with Crippen LogP contribution in [0.15, 0.2) is 34.2 Å². The molecule has 0 amide bonds. The maximum Gasteiger partial charge on any atom is 0.416 e. The fraction of sp³-hybridized carbons (Fsp3) is 0.188. The van der Waals surface area contributed by atoms with E-state index < -0.39 is 17.3 Å². The summed E-state index contributed by atoms with van der Waals surface area (Å²) in [6, 6.07) is 4.60. The Kier molecular flexibility index (Phi) is 5.22. The molecule has 146 valence electrons. The number of nitrogens with one attached hydrogen (secondary N) is 1. The SMILES string of the molecule is Cc1nn(-c2cccc(C(F)(F)F)c2)c(Cl)c1/C=N/n1c(=S)[nH]nc(C)c1=O. The summed E-state index contributed by atoms with van der Waals surface area (Å²) in [4.78, 5) is 12.1. The largest absolute Gasteiger partial charge is 0.416 e. The Morgan fingerprint density at radius 3 is 2.68 bits per heavy atom. The van der Waals surface area contributed by atoms with Gasteiger partial charge in [0.25, 0.3) is 5.56 Å². The Bertz CT molecular complexity index is 1190. The molecule has 0 aliphatic carbocycles. The Morgan fingerprint density at radius 2 is 2.00 bits per heavy atom. The molecular formula is C16H12ClF3N6OS. The number of hydrogen-bond donors (Lipinski definition) is 1. The first kappa shape index (κ1) is 20.0. The van der Waals surface area contributed by atoms with E-state index in [-0.39, 0.29) is 21.3 Å². The molecule has 0 saturated heterocycles. The topological polar surface area (TPSA) is 80.9 Å². The van der Waals surface area contributed by atoms with Crippen LogP contribution in [-0.2, 0) is 6.18 Å². The molecule has 28 heavy (non-hydrogen) atoms. The molecule has 0 unspecified atom stereocenters. The lowest BCUT2D eigenvalue weighted by atomic mass is 10.2. The Balaban J connectivity index is 2.06. The number of nitrogens with zero attached hydrogens (tertiary/aromatic N) is 5. The monoisotopic (exact) mass is 428 g/mol. The summed E-state index contributed by atoms with van der Waals surface area (Å²) in [6.45, 7) is 3.10. The molecule has 3 rings (SSSR count). The van der Waals surface area contributed by atoms with E-state index in [2.05, 4.69) is 20.4 Å². The zero-order valence-corrected chi connectivity index (χ0v) is 16.0. The third kappa shape index (κ3) is 3.76. The van der Waals surface area contributed by atoms with E-state index in [0.717, 1.165) is 21.5 Å². The van der Waals surface area contributed by atoms with Crippen LogP contribution in [0.4, 0.5) is 13.2 Å². The molecule has 0 radical (unpaired) electrons. The van der Waals surface area contributed by atoms with Crippen LogP contribution in [0.3, 0.4) is 0 Å². The zero-order valence-electron chi connectivity index (χ0n) is 14.5. The van der Waals surface area contributed by atoms with Crippen molar-refractivity contribution in [2.75, 3.05) is 0 Å². The van der Waals surface area contributed by atoms with Crippen LogP contribution in [0.25, 0.3) is 5.69 Å². The predicted octanol–water partition coefficient (Wildman–Crippen LogP) is 3.66. The lowest BCUT2D eigenvalue weighted by Crippen LogP contribution is -2.22. The highest BCUT2D eigenvalue weighted by molar-refractivity contribution is 7.71. The van der Waals surface area contributed by atoms with Crippen LogP contribution in [0, 0.1) is 18.6 Å². The molecule has 2 heterocycles. The van der Waals surface area contributed by atoms with E-state index in [0.29, 0.717) is 11.3 Å². The normalized spacial score (nSPS) is 12.1. The molecule has 1 aromatic carbocycles. The first-order valence-corrected chi connectivity index (χ1v) is 8.53.